The Bertz CT molecular complexity index is 1250. The number of carbonyl (C=O) groups is 3. The molecule has 2 heterocycles. The molecule has 1 unspecified atom stereocenters. The number of thioether (sulfide) groups is 1. The predicted molar refractivity (Wildman–Crippen MR) is 139 cm³/mol. The van der Waals surface area contributed by atoms with Crippen LogP contribution in [0.1, 0.15) is 51.2 Å². The standard InChI is InChI=1S/C26H27ClFN3O3S/c1-5-31-21-12-20(28)16(9-19(21)15(2)13-26(31,3)4)10-22-24(33)30(25(34)35-22)14-23(32)29-18-8-6-7-17(27)11-18/h6-12,15H,5,13-14H2,1-4H3,(H,29,32)/b22-10+. The van der Waals surface area contributed by atoms with Crippen molar-refractivity contribution in [1.82, 2.24) is 4.90 Å². The van der Waals surface area contributed by atoms with Gasteiger partial charge >= 0.3 is 0 Å². The van der Waals surface area contributed by atoms with Crippen LogP contribution < -0.4 is 10.2 Å². The second-order valence-corrected chi connectivity index (χ2v) is 10.9. The van der Waals surface area contributed by atoms with E-state index < -0.39 is 29.4 Å². The molecule has 0 saturated carbocycles. The molecule has 1 fully saturated rings. The molecule has 1 N–H and O–H groups in total. The number of benzene rings is 2. The summed E-state index contributed by atoms with van der Waals surface area (Å²) < 4.78 is 15.2. The fourth-order valence-corrected chi connectivity index (χ4v) is 5.94. The van der Waals surface area contributed by atoms with Gasteiger partial charge < -0.3 is 10.2 Å². The average Bonchev–Trinajstić information content (AvgIpc) is 3.02. The number of carbonyl (C=O) groups excluding carboxylic acids is 3. The van der Waals surface area contributed by atoms with Crippen molar-refractivity contribution >= 4 is 57.9 Å². The second-order valence-electron chi connectivity index (χ2n) is 9.42. The zero-order valence-electron chi connectivity index (χ0n) is 20.0. The first kappa shape index (κ1) is 25.3. The lowest BCUT2D eigenvalue weighted by molar-refractivity contribution is -0.127. The van der Waals surface area contributed by atoms with Crippen molar-refractivity contribution in [2.24, 2.45) is 0 Å². The largest absolute Gasteiger partial charge is 0.366 e. The molecule has 1 saturated heterocycles. The van der Waals surface area contributed by atoms with Crippen molar-refractivity contribution in [3.63, 3.8) is 0 Å². The van der Waals surface area contributed by atoms with E-state index in [2.05, 4.69) is 31.0 Å². The van der Waals surface area contributed by atoms with Crippen molar-refractivity contribution in [3.05, 3.63) is 63.3 Å². The van der Waals surface area contributed by atoms with Gasteiger partial charge in [-0.2, -0.15) is 0 Å². The molecule has 0 spiro atoms. The molecule has 0 aromatic heterocycles. The van der Waals surface area contributed by atoms with Crippen LogP contribution >= 0.6 is 23.4 Å². The van der Waals surface area contributed by atoms with E-state index in [4.69, 9.17) is 11.6 Å². The smallest absolute Gasteiger partial charge is 0.294 e. The van der Waals surface area contributed by atoms with Gasteiger partial charge in [-0.3, -0.25) is 19.3 Å². The molecule has 9 heteroatoms. The molecular formula is C26H27ClFN3O3S. The van der Waals surface area contributed by atoms with Crippen molar-refractivity contribution in [2.75, 3.05) is 23.3 Å². The number of halogens is 2. The predicted octanol–water partition coefficient (Wildman–Crippen LogP) is 6.27. The maximum absolute atomic E-state index is 15.2. The van der Waals surface area contributed by atoms with Gasteiger partial charge in [0.15, 0.2) is 0 Å². The van der Waals surface area contributed by atoms with Crippen LogP contribution in [0.5, 0.6) is 0 Å². The van der Waals surface area contributed by atoms with Crippen molar-refractivity contribution in [1.29, 1.82) is 0 Å². The summed E-state index contributed by atoms with van der Waals surface area (Å²) in [6, 6.07) is 9.85. The zero-order valence-corrected chi connectivity index (χ0v) is 21.6. The summed E-state index contributed by atoms with van der Waals surface area (Å²) >= 11 is 6.62. The highest BCUT2D eigenvalue weighted by atomic mass is 35.5. The highest BCUT2D eigenvalue weighted by Gasteiger charge is 2.38. The van der Waals surface area contributed by atoms with E-state index in [9.17, 15) is 14.4 Å². The molecule has 35 heavy (non-hydrogen) atoms. The van der Waals surface area contributed by atoms with Crippen LogP contribution in [0.4, 0.5) is 20.6 Å². The molecular weight excluding hydrogens is 489 g/mol. The van der Waals surface area contributed by atoms with Crippen LogP contribution in [0.15, 0.2) is 41.3 Å². The lowest BCUT2D eigenvalue weighted by Crippen LogP contribution is -2.48. The third-order valence-corrected chi connectivity index (χ3v) is 7.53. The van der Waals surface area contributed by atoms with Gasteiger partial charge in [-0.25, -0.2) is 4.39 Å². The van der Waals surface area contributed by atoms with Gasteiger partial charge in [0.05, 0.1) is 4.91 Å². The molecule has 2 aliphatic rings. The topological polar surface area (TPSA) is 69.7 Å². The molecule has 0 radical (unpaired) electrons. The maximum atomic E-state index is 15.2. The summed E-state index contributed by atoms with van der Waals surface area (Å²) in [5.74, 6) is -1.41. The van der Waals surface area contributed by atoms with E-state index in [0.29, 0.717) is 22.5 Å². The molecule has 2 aromatic rings. The Labute approximate surface area is 213 Å². The third-order valence-electron chi connectivity index (χ3n) is 6.39. The Morgan fingerprint density at radius 2 is 2.03 bits per heavy atom. The summed E-state index contributed by atoms with van der Waals surface area (Å²) in [6.45, 7) is 8.77. The quantitative estimate of drug-likeness (QED) is 0.475. The number of rotatable bonds is 5. The van der Waals surface area contributed by atoms with Crippen LogP contribution in [0, 0.1) is 5.82 Å². The average molecular weight is 516 g/mol. The minimum absolute atomic E-state index is 0.0838. The van der Waals surface area contributed by atoms with Gasteiger partial charge in [0, 0.05) is 34.0 Å². The number of nitrogens with one attached hydrogen (secondary N) is 1. The van der Waals surface area contributed by atoms with E-state index >= 15 is 4.39 Å². The second kappa shape index (κ2) is 9.66. The fourth-order valence-electron chi connectivity index (χ4n) is 4.92. The van der Waals surface area contributed by atoms with E-state index in [1.807, 2.05) is 6.92 Å². The molecule has 2 aromatic carbocycles. The van der Waals surface area contributed by atoms with Crippen LogP contribution in [0.3, 0.4) is 0 Å². The van der Waals surface area contributed by atoms with Gasteiger partial charge in [-0.1, -0.05) is 24.6 Å². The summed E-state index contributed by atoms with van der Waals surface area (Å²) in [7, 11) is 0. The summed E-state index contributed by atoms with van der Waals surface area (Å²) in [5, 5.41) is 2.49. The van der Waals surface area contributed by atoms with Gasteiger partial charge in [0.2, 0.25) is 5.91 Å². The Balaban J connectivity index is 1.56. The van der Waals surface area contributed by atoms with Crippen LogP contribution in [-0.4, -0.2) is 40.6 Å². The van der Waals surface area contributed by atoms with Crippen molar-refractivity contribution in [3.8, 4) is 0 Å². The molecule has 4 rings (SSSR count). The minimum atomic E-state index is -0.622. The summed E-state index contributed by atoms with van der Waals surface area (Å²) in [5.41, 5.74) is 2.49. The third kappa shape index (κ3) is 5.09. The highest BCUT2D eigenvalue weighted by molar-refractivity contribution is 8.18. The van der Waals surface area contributed by atoms with Crippen molar-refractivity contribution < 1.29 is 18.8 Å². The monoisotopic (exact) mass is 515 g/mol. The summed E-state index contributed by atoms with van der Waals surface area (Å²) in [6.07, 6.45) is 2.31. The number of hydrogen-bond acceptors (Lipinski definition) is 5. The Kier molecular flexibility index (Phi) is 6.97. The van der Waals surface area contributed by atoms with E-state index in [1.165, 1.54) is 12.1 Å². The number of fused-ring (bicyclic) bond motifs is 1. The fraction of sp³-hybridized carbons (Fsp3) is 0.346. The number of nitrogens with zero attached hydrogens (tertiary/aromatic N) is 2. The lowest BCUT2D eigenvalue weighted by atomic mass is 9.79. The Morgan fingerprint density at radius 3 is 2.71 bits per heavy atom. The van der Waals surface area contributed by atoms with Gasteiger partial charge in [-0.15, -0.1) is 0 Å². The Hall–Kier alpha value is -2.84. The molecule has 6 nitrogen and oxygen atoms in total. The van der Waals surface area contributed by atoms with E-state index in [-0.39, 0.29) is 21.9 Å². The minimum Gasteiger partial charge on any atom is -0.366 e. The SMILES string of the molecule is CCN1c2cc(F)c(/C=C3/SC(=O)N(CC(=O)Nc4cccc(Cl)c4)C3=O)cc2C(C)CC1(C)C. The molecule has 0 bridgehead atoms. The van der Waals surface area contributed by atoms with Crippen LogP contribution in [0.25, 0.3) is 6.08 Å². The number of hydrogen-bond donors (Lipinski definition) is 1. The first-order chi connectivity index (χ1) is 16.5. The molecule has 2 aliphatic heterocycles. The van der Waals surface area contributed by atoms with Crippen LogP contribution in [0.2, 0.25) is 5.02 Å². The van der Waals surface area contributed by atoms with E-state index in [0.717, 1.165) is 29.1 Å². The number of amides is 3. The zero-order chi connectivity index (χ0) is 25.5. The van der Waals surface area contributed by atoms with Crippen molar-refractivity contribution in [2.45, 2.75) is 45.6 Å². The van der Waals surface area contributed by atoms with Gasteiger partial charge in [-0.05, 0) is 86.8 Å². The number of imide groups is 1. The highest BCUT2D eigenvalue weighted by Crippen LogP contribution is 2.44. The van der Waals surface area contributed by atoms with Crippen LogP contribution in [-0.2, 0) is 9.59 Å². The van der Waals surface area contributed by atoms with E-state index in [1.54, 1.807) is 30.3 Å². The molecule has 1 atom stereocenters. The number of anilines is 2. The maximum Gasteiger partial charge on any atom is 0.294 e. The first-order valence-electron chi connectivity index (χ1n) is 11.4. The first-order valence-corrected chi connectivity index (χ1v) is 12.6. The molecule has 184 valence electrons. The summed E-state index contributed by atoms with van der Waals surface area (Å²) in [4.78, 5) is 40.9. The van der Waals surface area contributed by atoms with Gasteiger partial charge in [0.25, 0.3) is 11.1 Å². The Morgan fingerprint density at radius 1 is 1.29 bits per heavy atom. The molecule has 3 amide bonds. The normalized spacial score (nSPS) is 20.4. The van der Waals surface area contributed by atoms with Gasteiger partial charge in [0.1, 0.15) is 12.4 Å². The lowest BCUT2D eigenvalue weighted by Gasteiger charge is -2.47. The molecule has 0 aliphatic carbocycles.